The molecule has 1 aromatic carbocycles. The topological polar surface area (TPSA) is 49.4 Å². The number of unbranched alkanes of at least 4 members (excludes halogenated alkanes) is 6. The molecule has 0 unspecified atom stereocenters. The van der Waals surface area contributed by atoms with Crippen LogP contribution in [-0.4, -0.2) is 37.2 Å². The van der Waals surface area contributed by atoms with Gasteiger partial charge in [0.05, 0.1) is 6.54 Å². The van der Waals surface area contributed by atoms with Gasteiger partial charge in [-0.3, -0.25) is 9.59 Å². The van der Waals surface area contributed by atoms with Crippen molar-refractivity contribution in [2.24, 2.45) is 0 Å². The number of carbonyl (C=O) groups excluding carboxylic acids is 2. The number of hydrogen-bond donors (Lipinski definition) is 1. The van der Waals surface area contributed by atoms with Crippen molar-refractivity contribution in [3.8, 4) is 0 Å². The van der Waals surface area contributed by atoms with Crippen molar-refractivity contribution in [3.63, 3.8) is 0 Å². The third-order valence-electron chi connectivity index (χ3n) is 3.96. The van der Waals surface area contributed by atoms with E-state index in [1.807, 2.05) is 19.0 Å². The quantitative estimate of drug-likeness (QED) is 0.452. The fraction of sp³-hybridized carbons (Fsp3) is 0.600. The summed E-state index contributed by atoms with van der Waals surface area (Å²) >= 11 is 0. The average molecular weight is 332 g/mol. The van der Waals surface area contributed by atoms with Gasteiger partial charge in [-0.1, -0.05) is 45.4 Å². The number of benzene rings is 1. The monoisotopic (exact) mass is 332 g/mol. The molecule has 0 aromatic heterocycles. The third-order valence-corrected chi connectivity index (χ3v) is 3.96. The Hall–Kier alpha value is -1.68. The predicted molar refractivity (Wildman–Crippen MR) is 101 cm³/mol. The molecular formula is C20H32N2O2. The minimum Gasteiger partial charge on any atom is -0.326 e. The van der Waals surface area contributed by atoms with Gasteiger partial charge in [0.1, 0.15) is 0 Å². The number of likely N-dealkylation sites (N-methyl/N-ethyl adjacent to an activating group) is 1. The van der Waals surface area contributed by atoms with Crippen LogP contribution in [0.1, 0.15) is 68.6 Å². The highest BCUT2D eigenvalue weighted by molar-refractivity contribution is 5.98. The number of nitrogens with one attached hydrogen (secondary N) is 1. The normalized spacial score (nSPS) is 10.8. The molecule has 134 valence electrons. The molecule has 1 aromatic rings. The van der Waals surface area contributed by atoms with Gasteiger partial charge < -0.3 is 10.2 Å². The average Bonchev–Trinajstić information content (AvgIpc) is 2.54. The zero-order chi connectivity index (χ0) is 17.8. The summed E-state index contributed by atoms with van der Waals surface area (Å²) in [6, 6.07) is 7.14. The van der Waals surface area contributed by atoms with Crippen molar-refractivity contribution < 1.29 is 9.59 Å². The Morgan fingerprint density at radius 3 is 2.08 bits per heavy atom. The third kappa shape index (κ3) is 8.82. The maximum Gasteiger partial charge on any atom is 0.224 e. The van der Waals surface area contributed by atoms with Crippen LogP contribution in [0.15, 0.2) is 24.3 Å². The van der Waals surface area contributed by atoms with Crippen LogP contribution in [0.2, 0.25) is 0 Å². The van der Waals surface area contributed by atoms with E-state index in [0.717, 1.165) is 18.5 Å². The molecule has 0 saturated carbocycles. The molecule has 0 fully saturated rings. The van der Waals surface area contributed by atoms with Crippen molar-refractivity contribution in [1.82, 2.24) is 4.90 Å². The summed E-state index contributed by atoms with van der Waals surface area (Å²) in [4.78, 5) is 25.7. The molecule has 0 aliphatic carbocycles. The second kappa shape index (κ2) is 11.8. The predicted octanol–water partition coefficient (Wildman–Crippen LogP) is 4.51. The number of anilines is 1. The highest BCUT2D eigenvalue weighted by Crippen LogP contribution is 2.12. The van der Waals surface area contributed by atoms with E-state index >= 15 is 0 Å². The van der Waals surface area contributed by atoms with Crippen molar-refractivity contribution in [2.75, 3.05) is 26.0 Å². The number of carbonyl (C=O) groups is 2. The maximum absolute atomic E-state index is 11.9. The number of Topliss-reactive ketones (excluding diaryl/α,β-unsaturated/α-hetero) is 1. The van der Waals surface area contributed by atoms with Gasteiger partial charge in [-0.2, -0.15) is 0 Å². The van der Waals surface area contributed by atoms with Crippen molar-refractivity contribution in [3.05, 3.63) is 29.8 Å². The van der Waals surface area contributed by atoms with Crippen LogP contribution >= 0.6 is 0 Å². The Kier molecular flexibility index (Phi) is 10.0. The Balaban J connectivity index is 2.26. The van der Waals surface area contributed by atoms with Gasteiger partial charge in [-0.25, -0.2) is 0 Å². The number of hydrogen-bond acceptors (Lipinski definition) is 3. The van der Waals surface area contributed by atoms with Gasteiger partial charge in [0.25, 0.3) is 0 Å². The number of ketones is 1. The van der Waals surface area contributed by atoms with Gasteiger partial charge >= 0.3 is 0 Å². The molecule has 0 aliphatic rings. The van der Waals surface area contributed by atoms with Gasteiger partial charge in [0.2, 0.25) is 5.91 Å². The van der Waals surface area contributed by atoms with Gasteiger partial charge in [-0.15, -0.1) is 0 Å². The molecule has 24 heavy (non-hydrogen) atoms. The first-order valence-corrected chi connectivity index (χ1v) is 9.10. The minimum absolute atomic E-state index is 0.0518. The van der Waals surface area contributed by atoms with E-state index in [2.05, 4.69) is 12.2 Å². The minimum atomic E-state index is 0.0518. The first kappa shape index (κ1) is 20.4. The summed E-state index contributed by atoms with van der Waals surface area (Å²) in [6.45, 7) is 2.61. The summed E-state index contributed by atoms with van der Waals surface area (Å²) in [5.74, 6) is 0.136. The van der Waals surface area contributed by atoms with Gasteiger partial charge in [0, 0.05) is 17.7 Å². The molecule has 4 nitrogen and oxygen atoms in total. The van der Waals surface area contributed by atoms with Crippen LogP contribution in [-0.2, 0) is 4.79 Å². The zero-order valence-electron chi connectivity index (χ0n) is 15.4. The molecule has 1 rings (SSSR count). The highest BCUT2D eigenvalue weighted by Gasteiger charge is 2.07. The molecule has 0 atom stereocenters. The second-order valence-electron chi connectivity index (χ2n) is 6.66. The van der Waals surface area contributed by atoms with Crippen LogP contribution < -0.4 is 5.32 Å². The van der Waals surface area contributed by atoms with Gasteiger partial charge in [-0.05, 0) is 44.8 Å². The first-order chi connectivity index (χ1) is 11.5. The lowest BCUT2D eigenvalue weighted by molar-refractivity contribution is -0.116. The van der Waals surface area contributed by atoms with E-state index in [4.69, 9.17) is 0 Å². The van der Waals surface area contributed by atoms with E-state index in [9.17, 15) is 9.59 Å². The number of nitrogens with zero attached hydrogens (tertiary/aromatic N) is 1. The lowest BCUT2D eigenvalue weighted by Gasteiger charge is -2.09. The van der Waals surface area contributed by atoms with E-state index in [1.54, 1.807) is 24.3 Å². The van der Waals surface area contributed by atoms with E-state index < -0.39 is 0 Å². The number of rotatable bonds is 12. The summed E-state index contributed by atoms with van der Waals surface area (Å²) in [5.41, 5.74) is 1.43. The Labute approximate surface area is 146 Å². The lowest BCUT2D eigenvalue weighted by atomic mass is 10.1. The standard InChI is InChI=1S/C20H32N2O2/c1-4-5-6-7-8-9-10-11-20(24)21-18-14-12-17(13-15-18)19(23)16-22(2)3/h12-15H,4-11,16H2,1-3H3,(H,21,24). The van der Waals surface area contributed by atoms with E-state index in [0.29, 0.717) is 18.5 Å². The van der Waals surface area contributed by atoms with Crippen LogP contribution in [0.4, 0.5) is 5.69 Å². The Morgan fingerprint density at radius 1 is 0.917 bits per heavy atom. The molecule has 4 heteroatoms. The summed E-state index contributed by atoms with van der Waals surface area (Å²) in [7, 11) is 3.74. The van der Waals surface area contributed by atoms with E-state index in [-0.39, 0.29) is 11.7 Å². The van der Waals surface area contributed by atoms with Crippen molar-refractivity contribution in [2.45, 2.75) is 58.3 Å². The summed E-state index contributed by atoms with van der Waals surface area (Å²) in [6.07, 6.45) is 9.01. The molecule has 1 amide bonds. The van der Waals surface area contributed by atoms with Crippen LogP contribution in [0.3, 0.4) is 0 Å². The molecular weight excluding hydrogens is 300 g/mol. The Bertz CT molecular complexity index is 495. The smallest absolute Gasteiger partial charge is 0.224 e. The fourth-order valence-electron chi connectivity index (χ4n) is 2.58. The molecule has 0 bridgehead atoms. The largest absolute Gasteiger partial charge is 0.326 e. The molecule has 0 heterocycles. The van der Waals surface area contributed by atoms with Gasteiger partial charge in [0.15, 0.2) is 5.78 Å². The highest BCUT2D eigenvalue weighted by atomic mass is 16.1. The van der Waals surface area contributed by atoms with Crippen LogP contribution in [0.5, 0.6) is 0 Å². The molecule has 1 N–H and O–H groups in total. The van der Waals surface area contributed by atoms with Crippen LogP contribution in [0.25, 0.3) is 0 Å². The fourth-order valence-corrected chi connectivity index (χ4v) is 2.58. The molecule has 0 radical (unpaired) electrons. The summed E-state index contributed by atoms with van der Waals surface area (Å²) in [5, 5.41) is 2.90. The summed E-state index contributed by atoms with van der Waals surface area (Å²) < 4.78 is 0. The number of amides is 1. The lowest BCUT2D eigenvalue weighted by Crippen LogP contribution is -2.21. The van der Waals surface area contributed by atoms with Crippen LogP contribution in [0, 0.1) is 0 Å². The molecule has 0 saturated heterocycles. The van der Waals surface area contributed by atoms with Crippen molar-refractivity contribution in [1.29, 1.82) is 0 Å². The SMILES string of the molecule is CCCCCCCCCC(=O)Nc1ccc(C(=O)CN(C)C)cc1. The van der Waals surface area contributed by atoms with E-state index in [1.165, 1.54) is 32.1 Å². The maximum atomic E-state index is 11.9. The second-order valence-corrected chi connectivity index (χ2v) is 6.66. The van der Waals surface area contributed by atoms with Crippen molar-refractivity contribution >= 4 is 17.4 Å². The molecule has 0 aliphatic heterocycles. The zero-order valence-corrected chi connectivity index (χ0v) is 15.4. The first-order valence-electron chi connectivity index (χ1n) is 9.10. The Morgan fingerprint density at radius 2 is 1.50 bits per heavy atom. The molecule has 0 spiro atoms.